The summed E-state index contributed by atoms with van der Waals surface area (Å²) in [7, 11) is 0. The zero-order valence-electron chi connectivity index (χ0n) is 26.8. The van der Waals surface area contributed by atoms with E-state index < -0.39 is 16.7 Å². The van der Waals surface area contributed by atoms with Gasteiger partial charge in [-0.15, -0.1) is 11.3 Å². The molecule has 4 aromatic carbocycles. The smallest absolute Gasteiger partial charge is 0.283 e. The van der Waals surface area contributed by atoms with Crippen LogP contribution >= 0.6 is 35.3 Å². The first-order valence-corrected chi connectivity index (χ1v) is 17.1. The van der Waals surface area contributed by atoms with Gasteiger partial charge in [0.1, 0.15) is 11.3 Å². The Balaban J connectivity index is 1.40. The minimum absolute atomic E-state index is 0.0237. The van der Waals surface area contributed by atoms with Crippen LogP contribution in [0.4, 0.5) is 17.1 Å². The van der Waals surface area contributed by atoms with Gasteiger partial charge in [0, 0.05) is 6.07 Å². The highest BCUT2D eigenvalue weighted by Gasteiger charge is 2.41. The highest BCUT2D eigenvalue weighted by molar-refractivity contribution is 8.01. The molecular formula is C36H30N4O5S3. The molecule has 0 radical (unpaired) electrons. The van der Waals surface area contributed by atoms with Crippen LogP contribution in [0.2, 0.25) is 0 Å². The highest BCUT2D eigenvalue weighted by Crippen LogP contribution is 2.40. The number of thiazole rings is 1. The van der Waals surface area contributed by atoms with Gasteiger partial charge in [0.15, 0.2) is 9.45 Å². The molecule has 9 nitrogen and oxygen atoms in total. The van der Waals surface area contributed by atoms with Gasteiger partial charge in [-0.1, -0.05) is 30.0 Å². The Kier molecular flexibility index (Phi) is 9.15. The molecule has 0 saturated carbocycles. The molecule has 12 heteroatoms. The number of carbonyl (C=O) groups excluding carboxylic acids is 2. The van der Waals surface area contributed by atoms with Crippen molar-refractivity contribution in [3.63, 3.8) is 0 Å². The Bertz CT molecular complexity index is 2120. The van der Waals surface area contributed by atoms with E-state index in [0.717, 1.165) is 38.2 Å². The van der Waals surface area contributed by atoms with Crippen molar-refractivity contribution >= 4 is 85.6 Å². The molecule has 242 valence electrons. The predicted octanol–water partition coefficient (Wildman–Crippen LogP) is 8.74. The Morgan fingerprint density at radius 1 is 0.875 bits per heavy atom. The molecule has 2 amide bonds. The van der Waals surface area contributed by atoms with E-state index in [-0.39, 0.29) is 16.4 Å². The summed E-state index contributed by atoms with van der Waals surface area (Å²) in [5.41, 5.74) is 5.76. The van der Waals surface area contributed by atoms with Crippen molar-refractivity contribution in [2.24, 2.45) is 0 Å². The summed E-state index contributed by atoms with van der Waals surface area (Å²) >= 11 is 8.39. The molecule has 1 aliphatic rings. The third-order valence-electron chi connectivity index (χ3n) is 8.09. The van der Waals surface area contributed by atoms with Crippen molar-refractivity contribution in [3.05, 3.63) is 116 Å². The van der Waals surface area contributed by atoms with E-state index in [1.54, 1.807) is 24.3 Å². The fraction of sp³-hybridized carbons (Fsp3) is 0.167. The zero-order valence-corrected chi connectivity index (χ0v) is 29.2. The molecule has 0 N–H and O–H groups in total. The van der Waals surface area contributed by atoms with Crippen LogP contribution in [0.25, 0.3) is 16.3 Å². The van der Waals surface area contributed by atoms with E-state index in [2.05, 4.69) is 4.98 Å². The summed E-state index contributed by atoms with van der Waals surface area (Å²) in [6, 6.07) is 21.3. The second-order valence-corrected chi connectivity index (χ2v) is 14.0. The van der Waals surface area contributed by atoms with E-state index >= 15 is 0 Å². The lowest BCUT2D eigenvalue weighted by Crippen LogP contribution is -2.57. The lowest BCUT2D eigenvalue weighted by Gasteiger charge is -2.37. The van der Waals surface area contributed by atoms with Crippen LogP contribution < -0.4 is 14.5 Å². The molecule has 48 heavy (non-hydrogen) atoms. The summed E-state index contributed by atoms with van der Waals surface area (Å²) in [6.07, 6.45) is 1.39. The van der Waals surface area contributed by atoms with Crippen molar-refractivity contribution < 1.29 is 19.2 Å². The van der Waals surface area contributed by atoms with Crippen molar-refractivity contribution in [3.8, 4) is 5.75 Å². The van der Waals surface area contributed by atoms with E-state index in [0.29, 0.717) is 32.8 Å². The van der Waals surface area contributed by atoms with Crippen LogP contribution in [-0.2, 0) is 9.59 Å². The quantitative estimate of drug-likeness (QED) is 0.0522. The number of anilines is 2. The molecule has 1 aromatic heterocycles. The maximum atomic E-state index is 14.1. The van der Waals surface area contributed by atoms with Crippen molar-refractivity contribution in [2.75, 3.05) is 16.4 Å². The standard InChI is InChI=1S/C36H30N4O5S3/c1-6-45-27-12-13-29-32(19-27)48-35(37-29)47-31-14-9-24(18-30(31)40(43)44)17-28-33(41)38(25-10-7-20(2)22(4)15-25)36(46)39(34(28)42)26-11-8-21(3)23(5)16-26/h7-19H,6H2,1-5H3. The molecule has 1 fully saturated rings. The predicted molar refractivity (Wildman–Crippen MR) is 195 cm³/mol. The summed E-state index contributed by atoms with van der Waals surface area (Å²) < 4.78 is 7.12. The molecule has 0 spiro atoms. The van der Waals surface area contributed by atoms with Crippen LogP contribution in [0.1, 0.15) is 34.7 Å². The minimum Gasteiger partial charge on any atom is -0.494 e. The molecule has 2 heterocycles. The number of nitro groups is 1. The van der Waals surface area contributed by atoms with Gasteiger partial charge < -0.3 is 4.74 Å². The van der Waals surface area contributed by atoms with Crippen molar-refractivity contribution in [1.29, 1.82) is 0 Å². The van der Waals surface area contributed by atoms with Crippen LogP contribution in [0.3, 0.4) is 0 Å². The first kappa shape index (κ1) is 33.0. The number of aryl methyl sites for hydroxylation is 4. The molecule has 6 rings (SSSR count). The summed E-state index contributed by atoms with van der Waals surface area (Å²) in [5.74, 6) is -0.501. The summed E-state index contributed by atoms with van der Waals surface area (Å²) in [4.78, 5) is 47.7. The molecule has 1 saturated heterocycles. The van der Waals surface area contributed by atoms with E-state index in [4.69, 9.17) is 17.0 Å². The SMILES string of the molecule is CCOc1ccc2nc(Sc3ccc(C=C4C(=O)N(c5ccc(C)c(C)c5)C(=S)N(c5ccc(C)c(C)c5)C4=O)cc3[N+](=O)[O-])sc2c1. The molecule has 5 aromatic rings. The van der Waals surface area contributed by atoms with Crippen LogP contribution in [-0.4, -0.2) is 33.4 Å². The van der Waals surface area contributed by atoms with Gasteiger partial charge in [-0.25, -0.2) is 4.98 Å². The first-order chi connectivity index (χ1) is 22.9. The number of amides is 2. The number of rotatable bonds is 8. The van der Waals surface area contributed by atoms with E-state index in [9.17, 15) is 19.7 Å². The van der Waals surface area contributed by atoms with Gasteiger partial charge in [0.25, 0.3) is 17.5 Å². The number of nitrogens with zero attached hydrogens (tertiary/aromatic N) is 4. The largest absolute Gasteiger partial charge is 0.494 e. The zero-order chi connectivity index (χ0) is 34.3. The average Bonchev–Trinajstić information content (AvgIpc) is 3.45. The number of hydrogen-bond acceptors (Lipinski definition) is 9. The van der Waals surface area contributed by atoms with E-state index in [1.807, 2.05) is 77.1 Å². The molecule has 0 atom stereocenters. The monoisotopic (exact) mass is 694 g/mol. The van der Waals surface area contributed by atoms with Gasteiger partial charge in [-0.2, -0.15) is 0 Å². The number of thiocarbonyl (C=S) groups is 1. The number of nitro benzene ring substituents is 1. The molecule has 0 bridgehead atoms. The third kappa shape index (κ3) is 6.34. The maximum Gasteiger partial charge on any atom is 0.283 e. The summed E-state index contributed by atoms with van der Waals surface area (Å²) in [5, 5.41) is 12.3. The summed E-state index contributed by atoms with van der Waals surface area (Å²) in [6.45, 7) is 10.3. The normalized spacial score (nSPS) is 13.4. The topological polar surface area (TPSA) is 106 Å². The Hall–Kier alpha value is -4.91. The molecule has 1 aliphatic heterocycles. The highest BCUT2D eigenvalue weighted by atomic mass is 32.2. The van der Waals surface area contributed by atoms with E-state index in [1.165, 1.54) is 45.0 Å². The number of hydrogen-bond donors (Lipinski definition) is 0. The molecular weight excluding hydrogens is 665 g/mol. The Morgan fingerprint density at radius 2 is 1.50 bits per heavy atom. The van der Waals surface area contributed by atoms with Gasteiger partial charge in [-0.3, -0.25) is 29.5 Å². The van der Waals surface area contributed by atoms with Gasteiger partial charge in [0.2, 0.25) is 0 Å². The van der Waals surface area contributed by atoms with Crippen molar-refractivity contribution in [2.45, 2.75) is 43.9 Å². The Morgan fingerprint density at radius 3 is 2.06 bits per heavy atom. The minimum atomic E-state index is -0.615. The third-order valence-corrected chi connectivity index (χ3v) is 10.6. The number of ether oxygens (including phenoxy) is 1. The van der Waals surface area contributed by atoms with Crippen LogP contribution in [0, 0.1) is 37.8 Å². The average molecular weight is 695 g/mol. The van der Waals surface area contributed by atoms with Gasteiger partial charge >= 0.3 is 0 Å². The maximum absolute atomic E-state index is 14.1. The van der Waals surface area contributed by atoms with Gasteiger partial charge in [0.05, 0.1) is 38.0 Å². The number of benzene rings is 4. The number of carbonyl (C=O) groups is 2. The van der Waals surface area contributed by atoms with Crippen LogP contribution in [0.15, 0.2) is 87.6 Å². The Labute approximate surface area is 291 Å². The molecule has 0 aliphatic carbocycles. The fourth-order valence-electron chi connectivity index (χ4n) is 5.21. The van der Waals surface area contributed by atoms with Crippen molar-refractivity contribution in [1.82, 2.24) is 4.98 Å². The fourth-order valence-corrected chi connectivity index (χ4v) is 7.73. The van der Waals surface area contributed by atoms with Crippen LogP contribution in [0.5, 0.6) is 5.75 Å². The number of fused-ring (bicyclic) bond motifs is 1. The lowest BCUT2D eigenvalue weighted by molar-refractivity contribution is -0.387. The second-order valence-electron chi connectivity index (χ2n) is 11.3. The number of aromatic nitrogens is 1. The first-order valence-electron chi connectivity index (χ1n) is 15.0. The second kappa shape index (κ2) is 13.3. The van der Waals surface area contributed by atoms with Gasteiger partial charge in [-0.05, 0) is 129 Å². The lowest BCUT2D eigenvalue weighted by atomic mass is 10.0. The molecule has 0 unspecified atom stereocenters.